The molecule has 0 saturated heterocycles. The number of unbranched alkanes of at least 4 members (excludes halogenated alkanes) is 40. The standard InChI is InChI=1S/C77H142O17P2/c1-5-9-13-17-21-25-29-33-34-35-36-40-42-46-50-54-58-62-75(80)88-68-73(94-77(82)64-60-56-52-48-44-39-32-28-24-20-16-12-8-4)70-92-96(85,86)90-66-71(78)65-89-95(83,84)91-69-72(93-76(81)63-59-55-51-47-43-38-31-27-23-19-15-11-7-3)67-87-74(79)61-57-53-49-45-41-37-30-26-22-18-14-10-6-2/h9,13,21,25-26,30,33-34,71-73,78H,5-8,10-12,14-20,22-24,27-29,31-32,35-70H2,1-4H3,(H,83,84)(H,85,86)/b13-9-,25-21-,30-26-,34-33-. The highest BCUT2D eigenvalue weighted by Gasteiger charge is 2.30. The Kier molecular flexibility index (Phi) is 68.3. The fourth-order valence-electron chi connectivity index (χ4n) is 10.9. The summed E-state index contributed by atoms with van der Waals surface area (Å²) in [6.07, 6.45) is 66.6. The Morgan fingerprint density at radius 2 is 0.542 bits per heavy atom. The first kappa shape index (κ1) is 93.0. The Labute approximate surface area is 585 Å². The van der Waals surface area contributed by atoms with E-state index in [1.165, 1.54) is 128 Å². The maximum atomic E-state index is 13.1. The van der Waals surface area contributed by atoms with Crippen LogP contribution in [0.25, 0.3) is 0 Å². The van der Waals surface area contributed by atoms with Crippen molar-refractivity contribution < 1.29 is 80.2 Å². The number of ether oxygens (including phenoxy) is 4. The van der Waals surface area contributed by atoms with E-state index >= 15 is 0 Å². The highest BCUT2D eigenvalue weighted by molar-refractivity contribution is 7.47. The molecule has 0 heterocycles. The van der Waals surface area contributed by atoms with Crippen LogP contribution < -0.4 is 0 Å². The summed E-state index contributed by atoms with van der Waals surface area (Å²) in [5.41, 5.74) is 0. The predicted molar refractivity (Wildman–Crippen MR) is 390 cm³/mol. The summed E-state index contributed by atoms with van der Waals surface area (Å²) >= 11 is 0. The molecule has 0 rings (SSSR count). The Morgan fingerprint density at radius 1 is 0.302 bits per heavy atom. The van der Waals surface area contributed by atoms with Crippen molar-refractivity contribution in [2.75, 3.05) is 39.6 Å². The maximum absolute atomic E-state index is 13.1. The van der Waals surface area contributed by atoms with Crippen LogP contribution in [-0.2, 0) is 65.4 Å². The molecule has 0 aliphatic rings. The summed E-state index contributed by atoms with van der Waals surface area (Å²) in [4.78, 5) is 72.8. The predicted octanol–water partition coefficient (Wildman–Crippen LogP) is 22.1. The zero-order valence-corrected chi connectivity index (χ0v) is 63.1. The molecule has 0 bridgehead atoms. The van der Waals surface area contributed by atoms with Gasteiger partial charge in [0.2, 0.25) is 0 Å². The molecule has 3 N–H and O–H groups in total. The fourth-order valence-corrected chi connectivity index (χ4v) is 12.5. The molecular weight excluding hydrogens is 1260 g/mol. The number of aliphatic hydroxyl groups excluding tert-OH is 1. The summed E-state index contributed by atoms with van der Waals surface area (Å²) in [5, 5.41) is 10.6. The van der Waals surface area contributed by atoms with Crippen molar-refractivity contribution in [1.29, 1.82) is 0 Å². The van der Waals surface area contributed by atoms with E-state index in [4.69, 9.17) is 37.0 Å². The number of esters is 4. The van der Waals surface area contributed by atoms with Gasteiger partial charge in [-0.15, -0.1) is 0 Å². The average Bonchev–Trinajstić information content (AvgIpc) is 3.12. The molecule has 17 nitrogen and oxygen atoms in total. The molecule has 96 heavy (non-hydrogen) atoms. The van der Waals surface area contributed by atoms with Gasteiger partial charge in [0.15, 0.2) is 12.2 Å². The van der Waals surface area contributed by atoms with Crippen LogP contribution in [0, 0.1) is 0 Å². The molecule has 0 aliphatic carbocycles. The van der Waals surface area contributed by atoms with Crippen LogP contribution in [0.5, 0.6) is 0 Å². The second kappa shape index (κ2) is 70.5. The number of phosphoric acid groups is 2. The van der Waals surface area contributed by atoms with Crippen LogP contribution in [-0.4, -0.2) is 96.7 Å². The molecule has 0 fully saturated rings. The fraction of sp³-hybridized carbons (Fsp3) is 0.844. The molecule has 0 aromatic carbocycles. The molecule has 0 aromatic heterocycles. The number of hydrogen-bond donors (Lipinski definition) is 3. The quantitative estimate of drug-likeness (QED) is 0.0169. The third-order valence-corrected chi connectivity index (χ3v) is 18.7. The zero-order valence-electron chi connectivity index (χ0n) is 61.3. The minimum absolute atomic E-state index is 0.100. The minimum Gasteiger partial charge on any atom is -0.462 e. The first-order valence-corrected chi connectivity index (χ1v) is 41.9. The van der Waals surface area contributed by atoms with Gasteiger partial charge in [0.05, 0.1) is 26.4 Å². The lowest BCUT2D eigenvalue weighted by molar-refractivity contribution is -0.161. The maximum Gasteiger partial charge on any atom is 0.472 e. The van der Waals surface area contributed by atoms with Crippen LogP contribution in [0.2, 0.25) is 0 Å². The normalized spacial score (nSPS) is 14.2. The molecule has 0 saturated carbocycles. The highest BCUT2D eigenvalue weighted by Crippen LogP contribution is 2.45. The molecule has 0 radical (unpaired) electrons. The van der Waals surface area contributed by atoms with Crippen LogP contribution in [0.3, 0.4) is 0 Å². The van der Waals surface area contributed by atoms with Gasteiger partial charge in [-0.3, -0.25) is 37.3 Å². The molecule has 0 amide bonds. The largest absolute Gasteiger partial charge is 0.472 e. The van der Waals surface area contributed by atoms with Crippen molar-refractivity contribution in [3.63, 3.8) is 0 Å². The van der Waals surface area contributed by atoms with Gasteiger partial charge >= 0.3 is 39.5 Å². The van der Waals surface area contributed by atoms with E-state index in [-0.39, 0.29) is 25.7 Å². The van der Waals surface area contributed by atoms with Gasteiger partial charge < -0.3 is 33.8 Å². The van der Waals surface area contributed by atoms with Crippen molar-refractivity contribution in [2.24, 2.45) is 0 Å². The molecule has 0 spiro atoms. The molecular formula is C77H142O17P2. The van der Waals surface area contributed by atoms with Crippen LogP contribution in [0.1, 0.15) is 362 Å². The lowest BCUT2D eigenvalue weighted by Gasteiger charge is -2.21. The Bertz CT molecular complexity index is 2010. The van der Waals surface area contributed by atoms with E-state index < -0.39 is 97.5 Å². The molecule has 5 atom stereocenters. The number of aliphatic hydroxyl groups is 1. The summed E-state index contributed by atoms with van der Waals surface area (Å²) in [6, 6.07) is 0. The topological polar surface area (TPSA) is 237 Å². The van der Waals surface area contributed by atoms with Crippen LogP contribution >= 0.6 is 15.6 Å². The molecule has 0 aromatic rings. The zero-order chi connectivity index (χ0) is 70.4. The van der Waals surface area contributed by atoms with Gasteiger partial charge in [-0.1, -0.05) is 301 Å². The number of rotatable bonds is 74. The van der Waals surface area contributed by atoms with E-state index in [0.29, 0.717) is 25.7 Å². The van der Waals surface area contributed by atoms with E-state index in [1.807, 2.05) is 0 Å². The monoisotopic (exact) mass is 1400 g/mol. The Balaban J connectivity index is 5.29. The lowest BCUT2D eigenvalue weighted by Crippen LogP contribution is -2.30. The van der Waals surface area contributed by atoms with Crippen molar-refractivity contribution in [2.45, 2.75) is 380 Å². The van der Waals surface area contributed by atoms with E-state index in [0.717, 1.165) is 154 Å². The first-order valence-electron chi connectivity index (χ1n) is 38.9. The highest BCUT2D eigenvalue weighted by atomic mass is 31.2. The summed E-state index contributed by atoms with van der Waals surface area (Å²) in [7, 11) is -9.93. The van der Waals surface area contributed by atoms with Crippen molar-refractivity contribution in [3.8, 4) is 0 Å². The second-order valence-corrected chi connectivity index (χ2v) is 29.2. The summed E-state index contributed by atoms with van der Waals surface area (Å²) < 4.78 is 68.5. The first-order chi connectivity index (χ1) is 46.7. The van der Waals surface area contributed by atoms with Gasteiger partial charge in [0.25, 0.3) is 0 Å². The second-order valence-electron chi connectivity index (χ2n) is 26.3. The Hall–Kier alpha value is -2.98. The van der Waals surface area contributed by atoms with Gasteiger partial charge in [-0.25, -0.2) is 9.13 Å². The van der Waals surface area contributed by atoms with Crippen molar-refractivity contribution in [3.05, 3.63) is 48.6 Å². The number of allylic oxidation sites excluding steroid dienone is 8. The SMILES string of the molecule is CC/C=C\C/C=C\C/C=C\CCCCCCCCCC(=O)OCC(COP(=O)(O)OCC(O)COP(=O)(O)OCC(COC(=O)CCCCCCC/C=C\CCCCCC)OC(=O)CCCCCCCCCCCCCCC)OC(=O)CCCCCCCCCCCCCCC. The van der Waals surface area contributed by atoms with E-state index in [1.54, 1.807) is 0 Å². The smallest absolute Gasteiger partial charge is 0.462 e. The van der Waals surface area contributed by atoms with Gasteiger partial charge in [-0.2, -0.15) is 0 Å². The third kappa shape index (κ3) is 69.5. The number of hydrogen-bond acceptors (Lipinski definition) is 15. The van der Waals surface area contributed by atoms with E-state index in [9.17, 15) is 43.2 Å². The molecule has 0 aliphatic heterocycles. The van der Waals surface area contributed by atoms with Gasteiger partial charge in [0.1, 0.15) is 19.3 Å². The average molecular weight is 1400 g/mol. The van der Waals surface area contributed by atoms with Crippen LogP contribution in [0.15, 0.2) is 48.6 Å². The molecule has 5 unspecified atom stereocenters. The summed E-state index contributed by atoms with van der Waals surface area (Å²) in [6.45, 7) is 4.80. The number of carbonyl (C=O) groups excluding carboxylic acids is 4. The van der Waals surface area contributed by atoms with Crippen molar-refractivity contribution >= 4 is 39.5 Å². The van der Waals surface area contributed by atoms with Crippen molar-refractivity contribution in [1.82, 2.24) is 0 Å². The lowest BCUT2D eigenvalue weighted by atomic mass is 10.0. The summed E-state index contributed by atoms with van der Waals surface area (Å²) in [5.74, 6) is -2.15. The van der Waals surface area contributed by atoms with Gasteiger partial charge in [-0.05, 0) is 83.5 Å². The number of phosphoric ester groups is 2. The number of carbonyl (C=O) groups is 4. The third-order valence-electron chi connectivity index (χ3n) is 16.8. The molecule has 19 heteroatoms. The molecule has 562 valence electrons. The van der Waals surface area contributed by atoms with E-state index in [2.05, 4.69) is 76.3 Å². The van der Waals surface area contributed by atoms with Crippen LogP contribution in [0.4, 0.5) is 0 Å². The Morgan fingerprint density at radius 3 is 0.854 bits per heavy atom. The minimum atomic E-state index is -4.97. The van der Waals surface area contributed by atoms with Gasteiger partial charge in [0, 0.05) is 25.7 Å².